The molecule has 3 N–H and O–H groups in total. The number of anilines is 3. The number of carbonyl (C=O) groups excluding carboxylic acids is 1. The van der Waals surface area contributed by atoms with Gasteiger partial charge in [0.2, 0.25) is 5.88 Å². The molecule has 0 radical (unpaired) electrons. The Labute approximate surface area is 189 Å². The van der Waals surface area contributed by atoms with Gasteiger partial charge < -0.3 is 25.4 Å². The number of aliphatic hydroxyl groups excluding tert-OH is 1. The topological polar surface area (TPSA) is 90.0 Å². The summed E-state index contributed by atoms with van der Waals surface area (Å²) in [5.41, 5.74) is 2.49. The fourth-order valence-corrected chi connectivity index (χ4v) is 4.43. The molecular formula is C24H33N5O3. The summed E-state index contributed by atoms with van der Waals surface area (Å²) in [5, 5.41) is 14.8. The van der Waals surface area contributed by atoms with Gasteiger partial charge in [-0.2, -0.15) is 0 Å². The molecule has 2 amide bonds. The number of hydrogen-bond donors (Lipinski definition) is 3. The van der Waals surface area contributed by atoms with E-state index in [2.05, 4.69) is 32.5 Å². The second kappa shape index (κ2) is 10.7. The maximum Gasteiger partial charge on any atom is 0.323 e. The van der Waals surface area contributed by atoms with E-state index in [9.17, 15) is 4.79 Å². The van der Waals surface area contributed by atoms with Crippen LogP contribution in [0.1, 0.15) is 32.1 Å². The highest BCUT2D eigenvalue weighted by atomic mass is 16.5. The Balaban J connectivity index is 1.25. The monoisotopic (exact) mass is 439 g/mol. The Morgan fingerprint density at radius 1 is 1.12 bits per heavy atom. The van der Waals surface area contributed by atoms with Gasteiger partial charge in [0.1, 0.15) is 6.10 Å². The van der Waals surface area contributed by atoms with E-state index in [1.54, 1.807) is 18.3 Å². The maximum absolute atomic E-state index is 12.3. The van der Waals surface area contributed by atoms with Crippen molar-refractivity contribution in [3.63, 3.8) is 0 Å². The third-order valence-electron chi connectivity index (χ3n) is 6.31. The van der Waals surface area contributed by atoms with E-state index in [0.29, 0.717) is 24.2 Å². The number of nitrogens with one attached hydrogen (secondary N) is 2. The molecule has 8 heteroatoms. The van der Waals surface area contributed by atoms with Crippen LogP contribution in [0.2, 0.25) is 0 Å². The van der Waals surface area contributed by atoms with E-state index in [4.69, 9.17) is 9.84 Å². The van der Waals surface area contributed by atoms with Gasteiger partial charge in [0.15, 0.2) is 0 Å². The lowest BCUT2D eigenvalue weighted by molar-refractivity contribution is 0.188. The van der Waals surface area contributed by atoms with E-state index >= 15 is 0 Å². The van der Waals surface area contributed by atoms with Crippen molar-refractivity contribution in [1.29, 1.82) is 0 Å². The summed E-state index contributed by atoms with van der Waals surface area (Å²) >= 11 is 0. The standard InChI is InChI=1S/C24H33N5O3/c1-28(14-15-30)21-12-13-29(17-21)20-9-6-18(7-10-20)26-24(31)27-19-8-11-23(25-16-19)32-22-4-2-3-5-22/h6-11,16,21-22,30H,2-5,12-15,17H2,1H3,(H2,26,27,31). The van der Waals surface area contributed by atoms with Crippen molar-refractivity contribution in [2.75, 3.05) is 48.8 Å². The predicted octanol–water partition coefficient (Wildman–Crippen LogP) is 3.55. The number of hydrogen-bond acceptors (Lipinski definition) is 6. The fraction of sp³-hybridized carbons (Fsp3) is 0.500. The summed E-state index contributed by atoms with van der Waals surface area (Å²) in [6.07, 6.45) is 7.56. The number of aromatic nitrogens is 1. The molecule has 2 fully saturated rings. The van der Waals surface area contributed by atoms with Crippen LogP contribution in [0, 0.1) is 0 Å². The molecular weight excluding hydrogens is 406 g/mol. The summed E-state index contributed by atoms with van der Waals surface area (Å²) in [6, 6.07) is 11.6. The van der Waals surface area contributed by atoms with Gasteiger partial charge in [0.05, 0.1) is 18.5 Å². The van der Waals surface area contributed by atoms with Gasteiger partial charge in [-0.05, 0) is 69.5 Å². The first-order valence-corrected chi connectivity index (χ1v) is 11.5. The molecule has 32 heavy (non-hydrogen) atoms. The lowest BCUT2D eigenvalue weighted by Gasteiger charge is -2.24. The summed E-state index contributed by atoms with van der Waals surface area (Å²) in [4.78, 5) is 21.2. The highest BCUT2D eigenvalue weighted by Gasteiger charge is 2.25. The number of rotatable bonds is 8. The fourth-order valence-electron chi connectivity index (χ4n) is 4.43. The molecule has 1 aliphatic heterocycles. The number of pyridine rings is 1. The van der Waals surface area contributed by atoms with Crippen LogP contribution in [0.25, 0.3) is 0 Å². The lowest BCUT2D eigenvalue weighted by atomic mass is 10.2. The van der Waals surface area contributed by atoms with Gasteiger partial charge in [-0.15, -0.1) is 0 Å². The highest BCUT2D eigenvalue weighted by Crippen LogP contribution is 2.25. The molecule has 0 spiro atoms. The number of amides is 2. The highest BCUT2D eigenvalue weighted by molar-refractivity contribution is 5.99. The van der Waals surface area contributed by atoms with Crippen molar-refractivity contribution in [1.82, 2.24) is 9.88 Å². The number of aliphatic hydroxyl groups is 1. The number of ether oxygens (including phenoxy) is 1. The molecule has 172 valence electrons. The minimum Gasteiger partial charge on any atom is -0.474 e. The molecule has 2 aliphatic rings. The second-order valence-electron chi connectivity index (χ2n) is 8.63. The van der Waals surface area contributed by atoms with Gasteiger partial charge in [-0.25, -0.2) is 9.78 Å². The van der Waals surface area contributed by atoms with Crippen LogP contribution in [0.4, 0.5) is 21.9 Å². The van der Waals surface area contributed by atoms with Crippen molar-refractivity contribution in [3.8, 4) is 5.88 Å². The average Bonchev–Trinajstić information content (AvgIpc) is 3.48. The van der Waals surface area contributed by atoms with Crippen LogP contribution < -0.4 is 20.3 Å². The van der Waals surface area contributed by atoms with E-state index in [1.807, 2.05) is 24.3 Å². The Bertz CT molecular complexity index is 868. The van der Waals surface area contributed by atoms with Crippen molar-refractivity contribution in [2.24, 2.45) is 0 Å². The zero-order chi connectivity index (χ0) is 22.3. The van der Waals surface area contributed by atoms with Crippen molar-refractivity contribution in [3.05, 3.63) is 42.6 Å². The molecule has 2 heterocycles. The number of urea groups is 1. The molecule has 1 aromatic heterocycles. The second-order valence-corrected chi connectivity index (χ2v) is 8.63. The van der Waals surface area contributed by atoms with Crippen molar-refractivity contribution in [2.45, 2.75) is 44.2 Å². The van der Waals surface area contributed by atoms with Gasteiger partial charge >= 0.3 is 6.03 Å². The summed E-state index contributed by atoms with van der Waals surface area (Å²) in [5.74, 6) is 0.602. The molecule has 1 aromatic carbocycles. The minimum absolute atomic E-state index is 0.184. The van der Waals surface area contributed by atoms with Crippen LogP contribution >= 0.6 is 0 Å². The van der Waals surface area contributed by atoms with E-state index < -0.39 is 0 Å². The zero-order valence-electron chi connectivity index (χ0n) is 18.7. The molecule has 8 nitrogen and oxygen atoms in total. The van der Waals surface area contributed by atoms with Crippen LogP contribution in [0.15, 0.2) is 42.6 Å². The Hall–Kier alpha value is -2.84. The third-order valence-corrected chi connectivity index (χ3v) is 6.31. The normalized spacial score (nSPS) is 18.8. The van der Waals surface area contributed by atoms with Crippen LogP contribution in [-0.4, -0.2) is 66.5 Å². The largest absolute Gasteiger partial charge is 0.474 e. The quantitative estimate of drug-likeness (QED) is 0.583. The van der Waals surface area contributed by atoms with E-state index in [0.717, 1.165) is 43.7 Å². The summed E-state index contributed by atoms with van der Waals surface area (Å²) < 4.78 is 5.86. The van der Waals surface area contributed by atoms with Gasteiger partial charge in [0, 0.05) is 43.1 Å². The van der Waals surface area contributed by atoms with Crippen LogP contribution in [0.3, 0.4) is 0 Å². The van der Waals surface area contributed by atoms with Crippen molar-refractivity contribution < 1.29 is 14.6 Å². The SMILES string of the molecule is CN(CCO)C1CCN(c2ccc(NC(=O)Nc3ccc(OC4CCCC4)nc3)cc2)C1. The number of likely N-dealkylation sites (N-methyl/N-ethyl adjacent to an activating group) is 1. The smallest absolute Gasteiger partial charge is 0.323 e. The first-order chi connectivity index (χ1) is 15.6. The van der Waals surface area contributed by atoms with Gasteiger partial charge in [0.25, 0.3) is 0 Å². The van der Waals surface area contributed by atoms with Gasteiger partial charge in [-0.3, -0.25) is 4.90 Å². The zero-order valence-corrected chi connectivity index (χ0v) is 18.7. The summed E-state index contributed by atoms with van der Waals surface area (Å²) in [7, 11) is 2.06. The molecule has 1 saturated heterocycles. The predicted molar refractivity (Wildman–Crippen MR) is 127 cm³/mol. The number of benzene rings is 1. The average molecular weight is 440 g/mol. The first-order valence-electron chi connectivity index (χ1n) is 11.5. The van der Waals surface area contributed by atoms with Crippen LogP contribution in [0.5, 0.6) is 5.88 Å². The van der Waals surface area contributed by atoms with Gasteiger partial charge in [-0.1, -0.05) is 0 Å². The molecule has 1 saturated carbocycles. The minimum atomic E-state index is -0.309. The third kappa shape index (κ3) is 5.89. The Morgan fingerprint density at radius 3 is 2.53 bits per heavy atom. The van der Waals surface area contributed by atoms with E-state index in [-0.39, 0.29) is 18.7 Å². The Morgan fingerprint density at radius 2 is 1.84 bits per heavy atom. The first kappa shape index (κ1) is 22.4. The Kier molecular flexibility index (Phi) is 7.44. The molecule has 1 atom stereocenters. The molecule has 1 unspecified atom stereocenters. The number of nitrogens with zero attached hydrogens (tertiary/aromatic N) is 3. The molecule has 0 bridgehead atoms. The van der Waals surface area contributed by atoms with Crippen LogP contribution in [-0.2, 0) is 0 Å². The molecule has 4 rings (SSSR count). The molecule has 2 aromatic rings. The summed E-state index contributed by atoms with van der Waals surface area (Å²) in [6.45, 7) is 2.81. The maximum atomic E-state index is 12.3. The van der Waals surface area contributed by atoms with E-state index in [1.165, 1.54) is 12.8 Å². The number of carbonyl (C=O) groups is 1. The van der Waals surface area contributed by atoms with Crippen molar-refractivity contribution >= 4 is 23.1 Å². The molecule has 1 aliphatic carbocycles. The lowest BCUT2D eigenvalue weighted by Crippen LogP contribution is -2.36.